The van der Waals surface area contributed by atoms with Gasteiger partial charge in [-0.05, 0) is 42.7 Å². The Bertz CT molecular complexity index is 1270. The normalized spacial score (nSPS) is 16.5. The van der Waals surface area contributed by atoms with E-state index in [2.05, 4.69) is 10.3 Å². The minimum absolute atomic E-state index is 0.106. The first kappa shape index (κ1) is 23.2. The number of oxazole rings is 1. The first-order chi connectivity index (χ1) is 15.6. The Morgan fingerprint density at radius 3 is 2.48 bits per heavy atom. The summed E-state index contributed by atoms with van der Waals surface area (Å²) in [5, 5.41) is 4.19. The molecular weight excluding hydrogens is 438 g/mol. The molecule has 0 unspecified atom stereocenters. The lowest BCUT2D eigenvalue weighted by molar-refractivity contribution is -0.120. The highest BCUT2D eigenvalue weighted by molar-refractivity contribution is 7.92. The van der Waals surface area contributed by atoms with Crippen LogP contribution in [0.5, 0.6) is 0 Å². The molecule has 0 radical (unpaired) electrons. The number of piperidine rings is 1. The molecule has 33 heavy (non-hydrogen) atoms. The van der Waals surface area contributed by atoms with E-state index in [1.807, 2.05) is 51.1 Å². The average Bonchev–Trinajstić information content (AvgIpc) is 3.23. The van der Waals surface area contributed by atoms with Crippen LogP contribution in [0.1, 0.15) is 45.1 Å². The van der Waals surface area contributed by atoms with Crippen molar-refractivity contribution in [2.45, 2.75) is 39.0 Å². The smallest absolute Gasteiger partial charge is 0.236 e. The van der Waals surface area contributed by atoms with E-state index in [0.29, 0.717) is 48.6 Å². The van der Waals surface area contributed by atoms with Gasteiger partial charge < -0.3 is 9.73 Å². The molecule has 8 heteroatoms. The maximum Gasteiger partial charge on any atom is 0.236 e. The molecule has 2 aromatic carbocycles. The number of fused-ring (bicyclic) bond motifs is 1. The molecule has 1 aromatic heterocycles. The van der Waals surface area contributed by atoms with Gasteiger partial charge in [0, 0.05) is 35.5 Å². The number of rotatable bonds is 5. The lowest BCUT2D eigenvalue weighted by Crippen LogP contribution is -2.40. The van der Waals surface area contributed by atoms with Crippen molar-refractivity contribution in [2.75, 3.05) is 18.4 Å². The molecule has 2 heterocycles. The zero-order valence-electron chi connectivity index (χ0n) is 19.1. The van der Waals surface area contributed by atoms with Gasteiger partial charge in [0.15, 0.2) is 5.58 Å². The zero-order valence-corrected chi connectivity index (χ0v) is 19.9. The summed E-state index contributed by atoms with van der Waals surface area (Å²) in [6.45, 7) is 6.73. The number of nitrogens with one attached hydrogen (secondary N) is 1. The SMILES string of the molecule is CC(C)(C)c1nc2cc(NC(=O)C3CCN(S(=O)(=O)/C=C/c4ccccc4)CC3)ccc2o1. The fourth-order valence-corrected chi connectivity index (χ4v) is 4.98. The van der Waals surface area contributed by atoms with E-state index in [1.165, 1.54) is 9.71 Å². The largest absolute Gasteiger partial charge is 0.440 e. The maximum absolute atomic E-state index is 12.8. The molecule has 1 fully saturated rings. The second kappa shape index (κ2) is 9.11. The van der Waals surface area contributed by atoms with Crippen LogP contribution in [-0.2, 0) is 20.2 Å². The molecule has 0 saturated carbocycles. The summed E-state index contributed by atoms with van der Waals surface area (Å²) in [5.41, 5.74) is 2.66. The molecule has 1 saturated heterocycles. The molecule has 174 valence electrons. The van der Waals surface area contributed by atoms with Gasteiger partial charge in [-0.15, -0.1) is 0 Å². The van der Waals surface area contributed by atoms with Gasteiger partial charge in [0.05, 0.1) is 0 Å². The summed E-state index contributed by atoms with van der Waals surface area (Å²) in [5.74, 6) is 0.300. The molecule has 0 spiro atoms. The molecule has 1 N–H and O–H groups in total. The van der Waals surface area contributed by atoms with Crippen LogP contribution in [0.25, 0.3) is 17.2 Å². The number of anilines is 1. The molecular formula is C25H29N3O4S. The van der Waals surface area contributed by atoms with Crippen LogP contribution in [0.4, 0.5) is 5.69 Å². The van der Waals surface area contributed by atoms with Gasteiger partial charge in [0.25, 0.3) is 0 Å². The number of nitrogens with zero attached hydrogens (tertiary/aromatic N) is 2. The summed E-state index contributed by atoms with van der Waals surface area (Å²) in [6, 6.07) is 14.7. The second-order valence-electron chi connectivity index (χ2n) is 9.37. The van der Waals surface area contributed by atoms with E-state index in [9.17, 15) is 13.2 Å². The summed E-state index contributed by atoms with van der Waals surface area (Å²) >= 11 is 0. The van der Waals surface area contributed by atoms with Crippen molar-refractivity contribution in [3.8, 4) is 0 Å². The number of benzene rings is 2. The molecule has 7 nitrogen and oxygen atoms in total. The van der Waals surface area contributed by atoms with Crippen LogP contribution in [0.15, 0.2) is 58.4 Å². The van der Waals surface area contributed by atoms with Crippen molar-refractivity contribution in [3.63, 3.8) is 0 Å². The van der Waals surface area contributed by atoms with E-state index < -0.39 is 10.0 Å². The third kappa shape index (κ3) is 5.51. The summed E-state index contributed by atoms with van der Waals surface area (Å²) < 4.78 is 32.5. The molecule has 0 bridgehead atoms. The molecule has 1 aliphatic rings. The number of carbonyl (C=O) groups is 1. The Kier molecular flexibility index (Phi) is 6.41. The van der Waals surface area contributed by atoms with Crippen molar-refractivity contribution in [1.29, 1.82) is 0 Å². The summed E-state index contributed by atoms with van der Waals surface area (Å²) in [7, 11) is -3.52. The van der Waals surface area contributed by atoms with Crippen LogP contribution in [0, 0.1) is 5.92 Å². The van der Waals surface area contributed by atoms with Crippen LogP contribution >= 0.6 is 0 Å². The highest BCUT2D eigenvalue weighted by Crippen LogP contribution is 2.28. The number of amides is 1. The van der Waals surface area contributed by atoms with Gasteiger partial charge >= 0.3 is 0 Å². The Morgan fingerprint density at radius 1 is 1.12 bits per heavy atom. The topological polar surface area (TPSA) is 92.5 Å². The lowest BCUT2D eigenvalue weighted by atomic mass is 9.97. The standard InChI is InChI=1S/C25H29N3O4S/c1-25(2,3)24-27-21-17-20(9-10-22(21)32-24)26-23(29)19-11-14-28(15-12-19)33(30,31)16-13-18-7-5-4-6-8-18/h4-10,13,16-17,19H,11-12,14-15H2,1-3H3,(H,26,29)/b16-13+. The average molecular weight is 468 g/mol. The zero-order chi connectivity index (χ0) is 23.6. The van der Waals surface area contributed by atoms with Gasteiger partial charge in [-0.1, -0.05) is 51.1 Å². The predicted octanol–water partition coefficient (Wildman–Crippen LogP) is 4.78. The predicted molar refractivity (Wildman–Crippen MR) is 130 cm³/mol. The fourth-order valence-electron chi connectivity index (χ4n) is 3.76. The second-order valence-corrected chi connectivity index (χ2v) is 11.2. The number of hydrogen-bond acceptors (Lipinski definition) is 5. The highest BCUT2D eigenvalue weighted by Gasteiger charge is 2.30. The molecule has 4 rings (SSSR count). The maximum atomic E-state index is 12.8. The van der Waals surface area contributed by atoms with Gasteiger partial charge in [0.2, 0.25) is 21.8 Å². The van der Waals surface area contributed by atoms with E-state index in [-0.39, 0.29) is 17.2 Å². The third-order valence-corrected chi connectivity index (χ3v) is 7.28. The Labute approximate surface area is 194 Å². The third-order valence-electron chi connectivity index (χ3n) is 5.71. The molecule has 1 aliphatic heterocycles. The Hall–Kier alpha value is -2.97. The summed E-state index contributed by atoms with van der Waals surface area (Å²) in [4.78, 5) is 17.3. The van der Waals surface area contributed by atoms with Gasteiger partial charge in [-0.3, -0.25) is 4.79 Å². The molecule has 3 aromatic rings. The quantitative estimate of drug-likeness (QED) is 0.583. The van der Waals surface area contributed by atoms with Gasteiger partial charge in [-0.2, -0.15) is 4.31 Å². The summed E-state index contributed by atoms with van der Waals surface area (Å²) in [6.07, 6.45) is 2.55. The van der Waals surface area contributed by atoms with Crippen molar-refractivity contribution >= 4 is 38.8 Å². The first-order valence-electron chi connectivity index (χ1n) is 11.1. The van der Waals surface area contributed by atoms with Crippen LogP contribution < -0.4 is 5.32 Å². The minimum Gasteiger partial charge on any atom is -0.440 e. The van der Waals surface area contributed by atoms with Crippen molar-refractivity contribution in [1.82, 2.24) is 9.29 Å². The van der Waals surface area contributed by atoms with Crippen molar-refractivity contribution in [2.24, 2.45) is 5.92 Å². The molecule has 0 atom stereocenters. The van der Waals surface area contributed by atoms with E-state index in [4.69, 9.17) is 4.42 Å². The van der Waals surface area contributed by atoms with E-state index >= 15 is 0 Å². The number of sulfonamides is 1. The number of carbonyl (C=O) groups excluding carboxylic acids is 1. The van der Waals surface area contributed by atoms with Crippen LogP contribution in [0.3, 0.4) is 0 Å². The lowest BCUT2D eigenvalue weighted by Gasteiger charge is -2.29. The monoisotopic (exact) mass is 467 g/mol. The van der Waals surface area contributed by atoms with Gasteiger partial charge in [0.1, 0.15) is 5.52 Å². The van der Waals surface area contributed by atoms with Gasteiger partial charge in [-0.25, -0.2) is 13.4 Å². The van der Waals surface area contributed by atoms with E-state index in [1.54, 1.807) is 24.3 Å². The van der Waals surface area contributed by atoms with Crippen LogP contribution in [0.2, 0.25) is 0 Å². The highest BCUT2D eigenvalue weighted by atomic mass is 32.2. The van der Waals surface area contributed by atoms with Crippen molar-refractivity contribution in [3.05, 3.63) is 65.4 Å². The Balaban J connectivity index is 1.36. The van der Waals surface area contributed by atoms with Crippen LogP contribution in [-0.4, -0.2) is 36.7 Å². The Morgan fingerprint density at radius 2 is 1.82 bits per heavy atom. The fraction of sp³-hybridized carbons (Fsp3) is 0.360. The molecule has 1 amide bonds. The first-order valence-corrected chi connectivity index (χ1v) is 12.6. The minimum atomic E-state index is -3.52. The van der Waals surface area contributed by atoms with Crippen molar-refractivity contribution < 1.29 is 17.6 Å². The van der Waals surface area contributed by atoms with E-state index in [0.717, 1.165) is 5.56 Å². The number of hydrogen-bond donors (Lipinski definition) is 1. The number of aromatic nitrogens is 1. The molecule has 0 aliphatic carbocycles.